The van der Waals surface area contributed by atoms with Crippen LogP contribution >= 0.6 is 0 Å². The second-order valence-corrected chi connectivity index (χ2v) is 14.5. The minimum Gasteiger partial charge on any atom is -0.481 e. The molecule has 0 spiro atoms. The van der Waals surface area contributed by atoms with Crippen LogP contribution in [0.25, 0.3) is 0 Å². The average molecular weight is 602 g/mol. The predicted octanol–water partition coefficient (Wildman–Crippen LogP) is 7.07. The molecule has 3 aliphatic rings. The summed E-state index contributed by atoms with van der Waals surface area (Å²) in [4.78, 5) is 42.8. The fourth-order valence-electron chi connectivity index (χ4n) is 7.67. The molecule has 3 fully saturated rings. The topological polar surface area (TPSA) is 130 Å². The monoisotopic (exact) mass is 601 g/mol. The number of ketones is 1. The van der Waals surface area contributed by atoms with Crippen LogP contribution in [-0.2, 0) is 14.3 Å². The molecular weight excluding hydrogens is 546 g/mol. The molecule has 1 aromatic heterocycles. The van der Waals surface area contributed by atoms with Gasteiger partial charge >= 0.3 is 12.0 Å². The number of carboxylic acids is 1. The van der Waals surface area contributed by atoms with Crippen molar-refractivity contribution in [2.24, 2.45) is 11.3 Å². The molecule has 2 aliphatic carbocycles. The lowest BCUT2D eigenvalue weighted by Gasteiger charge is -2.45. The summed E-state index contributed by atoms with van der Waals surface area (Å²) >= 11 is 0. The fraction of sp³-hybridized carbons (Fsp3) is 0.794. The van der Waals surface area contributed by atoms with Gasteiger partial charge in [-0.15, -0.1) is 0 Å². The van der Waals surface area contributed by atoms with E-state index in [9.17, 15) is 19.5 Å². The summed E-state index contributed by atoms with van der Waals surface area (Å²) in [5, 5.41) is 16.6. The van der Waals surface area contributed by atoms with E-state index in [0.717, 1.165) is 57.8 Å². The van der Waals surface area contributed by atoms with E-state index in [2.05, 4.69) is 22.5 Å². The molecule has 1 saturated heterocycles. The molecule has 1 aromatic rings. The van der Waals surface area contributed by atoms with Crippen LogP contribution in [0.5, 0.6) is 0 Å². The minimum absolute atomic E-state index is 0.110. The molecule has 4 N–H and O–H groups in total. The Morgan fingerprint density at radius 3 is 2.47 bits per heavy atom. The van der Waals surface area contributed by atoms with E-state index in [4.69, 9.17) is 9.47 Å². The van der Waals surface area contributed by atoms with Gasteiger partial charge in [0.05, 0.1) is 13.0 Å². The van der Waals surface area contributed by atoms with E-state index in [1.807, 2.05) is 13.8 Å². The number of ether oxygens (including phenoxy) is 2. The number of amides is 2. The molecule has 0 bridgehead atoms. The first kappa shape index (κ1) is 33.5. The highest BCUT2D eigenvalue weighted by molar-refractivity contribution is 6.01. The van der Waals surface area contributed by atoms with Gasteiger partial charge < -0.3 is 30.2 Å². The van der Waals surface area contributed by atoms with Crippen molar-refractivity contribution in [3.8, 4) is 0 Å². The van der Waals surface area contributed by atoms with E-state index in [1.54, 1.807) is 26.1 Å². The summed E-state index contributed by atoms with van der Waals surface area (Å²) in [6.07, 6.45) is 14.7. The van der Waals surface area contributed by atoms with Crippen molar-refractivity contribution in [3.63, 3.8) is 0 Å². The van der Waals surface area contributed by atoms with Gasteiger partial charge in [0.2, 0.25) is 0 Å². The lowest BCUT2D eigenvalue weighted by atomic mass is 9.78. The number of nitrogens with one attached hydrogen (secondary N) is 3. The SMILES string of the molecule is CCCCCCCC1(NC(=O)NC2CCCC2C(CC(=O)O)c2[nH]ccc2C(=O)C2OC(C)(C)OCC2(C)C)CCCC1. The normalized spacial score (nSPS) is 26.6. The number of unbranched alkanes of at least 4 members (excludes halogenated alkanes) is 4. The maximum atomic E-state index is 14.0. The molecule has 2 saturated carbocycles. The van der Waals surface area contributed by atoms with Crippen LogP contribution < -0.4 is 10.6 Å². The van der Waals surface area contributed by atoms with Crippen molar-refractivity contribution in [2.45, 2.75) is 154 Å². The molecule has 0 aromatic carbocycles. The van der Waals surface area contributed by atoms with E-state index in [0.29, 0.717) is 17.9 Å². The number of urea groups is 1. The van der Waals surface area contributed by atoms with E-state index in [-0.39, 0.29) is 35.7 Å². The first-order valence-electron chi connectivity index (χ1n) is 16.7. The van der Waals surface area contributed by atoms with Crippen molar-refractivity contribution in [1.82, 2.24) is 15.6 Å². The Labute approximate surface area is 257 Å². The average Bonchev–Trinajstić information content (AvgIpc) is 3.70. The summed E-state index contributed by atoms with van der Waals surface area (Å²) in [5.74, 6) is -2.55. The van der Waals surface area contributed by atoms with Crippen molar-refractivity contribution >= 4 is 17.8 Å². The number of Topliss-reactive ketones (excluding diaryl/α,β-unsaturated/α-hetero) is 1. The summed E-state index contributed by atoms with van der Waals surface area (Å²) in [6.45, 7) is 10.1. The molecule has 2 amide bonds. The Bertz CT molecular complexity index is 1110. The quantitative estimate of drug-likeness (QED) is 0.133. The van der Waals surface area contributed by atoms with Crippen LogP contribution in [0.15, 0.2) is 12.3 Å². The van der Waals surface area contributed by atoms with Crippen molar-refractivity contribution in [3.05, 3.63) is 23.5 Å². The van der Waals surface area contributed by atoms with Gasteiger partial charge in [0.25, 0.3) is 0 Å². The fourth-order valence-corrected chi connectivity index (χ4v) is 7.67. The standard InChI is InChI=1S/C34H55N3O6/c1-6-7-8-9-10-17-34(18-11-12-19-34)37-31(41)36-26-15-13-14-23(26)25(21-27(38)39)28-24(16-20-35-28)29(40)30-32(2,3)22-42-33(4,5)43-30/h16,20,23,25-26,30,35H,6-15,17-19,21-22H2,1-5H3,(H,38,39)(H2,36,37,41). The summed E-state index contributed by atoms with van der Waals surface area (Å²) in [6, 6.07) is 1.42. The summed E-state index contributed by atoms with van der Waals surface area (Å²) in [7, 11) is 0. The van der Waals surface area contributed by atoms with Crippen molar-refractivity contribution in [1.29, 1.82) is 0 Å². The van der Waals surface area contributed by atoms with E-state index >= 15 is 0 Å². The second kappa shape index (κ2) is 14.1. The molecule has 242 valence electrons. The number of aromatic amines is 1. The Morgan fingerprint density at radius 2 is 1.77 bits per heavy atom. The number of H-pyrrole nitrogens is 1. The Balaban J connectivity index is 1.49. The van der Waals surface area contributed by atoms with Gasteiger partial charge in [0.1, 0.15) is 6.10 Å². The number of carbonyl (C=O) groups is 3. The maximum absolute atomic E-state index is 14.0. The van der Waals surface area contributed by atoms with Gasteiger partial charge in [-0.05, 0) is 57.9 Å². The van der Waals surface area contributed by atoms with Gasteiger partial charge in [-0.25, -0.2) is 4.79 Å². The third-order valence-electron chi connectivity index (χ3n) is 10.1. The van der Waals surface area contributed by atoms with Gasteiger partial charge in [-0.1, -0.05) is 72.1 Å². The van der Waals surface area contributed by atoms with Crippen LogP contribution in [0.3, 0.4) is 0 Å². The number of aromatic nitrogens is 1. The van der Waals surface area contributed by atoms with Crippen molar-refractivity contribution in [2.75, 3.05) is 6.61 Å². The molecule has 9 nitrogen and oxygen atoms in total. The van der Waals surface area contributed by atoms with Crippen molar-refractivity contribution < 1.29 is 29.0 Å². The van der Waals surface area contributed by atoms with Crippen LogP contribution in [0.2, 0.25) is 0 Å². The number of hydrogen-bond acceptors (Lipinski definition) is 5. The molecular formula is C34H55N3O6. The molecule has 4 rings (SSSR count). The highest BCUT2D eigenvalue weighted by Crippen LogP contribution is 2.43. The Hall–Kier alpha value is -2.39. The lowest BCUT2D eigenvalue weighted by Crippen LogP contribution is -2.54. The lowest BCUT2D eigenvalue weighted by molar-refractivity contribution is -0.298. The predicted molar refractivity (Wildman–Crippen MR) is 166 cm³/mol. The highest BCUT2D eigenvalue weighted by Gasteiger charge is 2.47. The third-order valence-corrected chi connectivity index (χ3v) is 10.1. The minimum atomic E-state index is -0.926. The van der Waals surface area contributed by atoms with Crippen LogP contribution in [0.1, 0.15) is 146 Å². The molecule has 1 aliphatic heterocycles. The second-order valence-electron chi connectivity index (χ2n) is 14.5. The number of carbonyl (C=O) groups excluding carboxylic acids is 2. The number of rotatable bonds is 14. The Morgan fingerprint density at radius 1 is 1.05 bits per heavy atom. The zero-order valence-corrected chi connectivity index (χ0v) is 27.1. The molecule has 0 radical (unpaired) electrons. The van der Waals surface area contributed by atoms with Gasteiger partial charge in [0, 0.05) is 40.4 Å². The smallest absolute Gasteiger partial charge is 0.315 e. The Kier molecular flexibility index (Phi) is 11.0. The maximum Gasteiger partial charge on any atom is 0.315 e. The number of aliphatic carboxylic acids is 1. The molecule has 9 heteroatoms. The van der Waals surface area contributed by atoms with E-state index < -0.39 is 29.2 Å². The van der Waals surface area contributed by atoms with Gasteiger partial charge in [-0.2, -0.15) is 0 Å². The number of carboxylic acid groups (broad SMARTS) is 1. The first-order chi connectivity index (χ1) is 20.4. The molecule has 4 unspecified atom stereocenters. The number of hydrogen-bond donors (Lipinski definition) is 4. The third kappa shape index (κ3) is 8.41. The van der Waals surface area contributed by atoms with Gasteiger partial charge in [0.15, 0.2) is 11.6 Å². The zero-order chi connectivity index (χ0) is 31.3. The van der Waals surface area contributed by atoms with Gasteiger partial charge in [-0.3, -0.25) is 9.59 Å². The van der Waals surface area contributed by atoms with Crippen LogP contribution in [0, 0.1) is 11.3 Å². The van der Waals surface area contributed by atoms with Crippen LogP contribution in [0.4, 0.5) is 4.79 Å². The molecule has 2 heterocycles. The summed E-state index contributed by atoms with van der Waals surface area (Å²) in [5.41, 5.74) is 0.388. The zero-order valence-electron chi connectivity index (χ0n) is 27.1. The van der Waals surface area contributed by atoms with E-state index in [1.165, 1.54) is 25.7 Å². The summed E-state index contributed by atoms with van der Waals surface area (Å²) < 4.78 is 12.0. The van der Waals surface area contributed by atoms with Crippen LogP contribution in [-0.4, -0.2) is 58.0 Å². The molecule has 43 heavy (non-hydrogen) atoms. The highest BCUT2D eigenvalue weighted by atomic mass is 16.7. The molecule has 4 atom stereocenters. The first-order valence-corrected chi connectivity index (χ1v) is 16.7. The largest absolute Gasteiger partial charge is 0.481 e.